The maximum absolute atomic E-state index is 13.8. The van der Waals surface area contributed by atoms with Crippen LogP contribution >= 0.6 is 27.7 Å². The zero-order valence-corrected chi connectivity index (χ0v) is 19.1. The first-order valence-corrected chi connectivity index (χ1v) is 11.1. The van der Waals surface area contributed by atoms with E-state index in [0.29, 0.717) is 31.1 Å². The lowest BCUT2D eigenvalue weighted by molar-refractivity contribution is -0.139. The average Bonchev–Trinajstić information content (AvgIpc) is 2.72. The Labute approximate surface area is 191 Å². The van der Waals surface area contributed by atoms with Crippen LogP contribution in [0.2, 0.25) is 0 Å². The van der Waals surface area contributed by atoms with E-state index >= 15 is 0 Å². The van der Waals surface area contributed by atoms with Gasteiger partial charge in [0.15, 0.2) is 0 Å². The summed E-state index contributed by atoms with van der Waals surface area (Å²) in [5.74, 6) is -0.497. The molecule has 0 bridgehead atoms. The molecule has 4 nitrogen and oxygen atoms in total. The third-order valence-electron chi connectivity index (χ3n) is 4.93. The highest BCUT2D eigenvalue weighted by atomic mass is 79.9. The number of alkyl halides is 3. The van der Waals surface area contributed by atoms with Crippen molar-refractivity contribution in [3.63, 3.8) is 0 Å². The highest BCUT2D eigenvalue weighted by Crippen LogP contribution is 2.41. The minimum absolute atomic E-state index is 0.000723. The number of rotatable bonds is 4. The lowest BCUT2D eigenvalue weighted by Gasteiger charge is -2.34. The van der Waals surface area contributed by atoms with Gasteiger partial charge in [-0.15, -0.1) is 0 Å². The summed E-state index contributed by atoms with van der Waals surface area (Å²) in [6, 6.07) is 10.8. The number of carbonyl (C=O) groups excluding carboxylic acids is 2. The first-order chi connectivity index (χ1) is 14.6. The topological polar surface area (TPSA) is 40.6 Å². The van der Waals surface area contributed by atoms with Crippen LogP contribution in [-0.2, 0) is 15.8 Å². The maximum atomic E-state index is 13.8. The van der Waals surface area contributed by atoms with Crippen molar-refractivity contribution in [1.82, 2.24) is 9.80 Å². The molecule has 1 aliphatic rings. The molecule has 1 aliphatic heterocycles. The molecule has 3 rings (SSSR count). The maximum Gasteiger partial charge on any atom is 0.417 e. The fourth-order valence-electron chi connectivity index (χ4n) is 3.22. The van der Waals surface area contributed by atoms with Gasteiger partial charge in [-0.05, 0) is 35.9 Å². The first-order valence-electron chi connectivity index (χ1n) is 9.45. The van der Waals surface area contributed by atoms with Crippen molar-refractivity contribution < 1.29 is 22.8 Å². The van der Waals surface area contributed by atoms with Gasteiger partial charge in [0, 0.05) is 52.9 Å². The second-order valence-corrected chi connectivity index (χ2v) is 9.08. The van der Waals surface area contributed by atoms with Gasteiger partial charge < -0.3 is 9.80 Å². The molecule has 0 atom stereocenters. The van der Waals surface area contributed by atoms with Crippen LogP contribution in [0.1, 0.15) is 18.1 Å². The summed E-state index contributed by atoms with van der Waals surface area (Å²) in [6.45, 7) is 6.64. The van der Waals surface area contributed by atoms with Crippen LogP contribution in [-0.4, -0.2) is 47.8 Å². The minimum atomic E-state index is -4.58. The molecule has 1 saturated heterocycles. The van der Waals surface area contributed by atoms with E-state index in [2.05, 4.69) is 22.5 Å². The predicted octanol–water partition coefficient (Wildman–Crippen LogP) is 5.32. The summed E-state index contributed by atoms with van der Waals surface area (Å²) in [5, 5.41) is 0. The predicted molar refractivity (Wildman–Crippen MR) is 118 cm³/mol. The summed E-state index contributed by atoms with van der Waals surface area (Å²) in [4.78, 5) is 28.1. The fourth-order valence-corrected chi connectivity index (χ4v) is 4.78. The number of halogens is 4. The molecule has 0 aliphatic carbocycles. The lowest BCUT2D eigenvalue weighted by Crippen LogP contribution is -2.50. The van der Waals surface area contributed by atoms with E-state index in [-0.39, 0.29) is 21.9 Å². The number of hydrogen-bond donors (Lipinski definition) is 0. The van der Waals surface area contributed by atoms with E-state index in [4.69, 9.17) is 0 Å². The Morgan fingerprint density at radius 1 is 1.03 bits per heavy atom. The number of amides is 2. The number of benzene rings is 2. The van der Waals surface area contributed by atoms with Crippen LogP contribution < -0.4 is 0 Å². The van der Waals surface area contributed by atoms with Crippen molar-refractivity contribution in [3.05, 3.63) is 64.6 Å². The zero-order chi connectivity index (χ0) is 22.8. The molecule has 0 unspecified atom stereocenters. The van der Waals surface area contributed by atoms with Crippen LogP contribution in [0.3, 0.4) is 0 Å². The van der Waals surface area contributed by atoms with E-state index in [0.717, 1.165) is 22.3 Å². The van der Waals surface area contributed by atoms with Gasteiger partial charge in [-0.2, -0.15) is 13.2 Å². The largest absolute Gasteiger partial charge is 0.417 e. The van der Waals surface area contributed by atoms with Crippen molar-refractivity contribution >= 4 is 45.1 Å². The summed E-state index contributed by atoms with van der Waals surface area (Å²) in [5.41, 5.74) is -0.684. The highest BCUT2D eigenvalue weighted by molar-refractivity contribution is 9.10. The molecule has 164 valence electrons. The summed E-state index contributed by atoms with van der Waals surface area (Å²) < 4.78 is 42.1. The monoisotopic (exact) mass is 512 g/mol. The molecule has 2 amide bonds. The quantitative estimate of drug-likeness (QED) is 0.520. The third-order valence-corrected chi connectivity index (χ3v) is 6.49. The summed E-state index contributed by atoms with van der Waals surface area (Å²) in [6.07, 6.45) is -4.58. The third kappa shape index (κ3) is 5.71. The molecule has 1 heterocycles. The van der Waals surface area contributed by atoms with Crippen molar-refractivity contribution in [1.29, 1.82) is 0 Å². The van der Waals surface area contributed by atoms with Gasteiger partial charge in [0.25, 0.3) is 5.91 Å². The number of carbonyl (C=O) groups is 2. The second-order valence-electron chi connectivity index (χ2n) is 7.04. The number of nitrogens with zero attached hydrogens (tertiary/aromatic N) is 2. The molecular formula is C22H20BrF3N2O2S. The van der Waals surface area contributed by atoms with Crippen molar-refractivity contribution in [2.24, 2.45) is 0 Å². The van der Waals surface area contributed by atoms with Crippen molar-refractivity contribution in [2.75, 3.05) is 26.2 Å². The van der Waals surface area contributed by atoms with Crippen molar-refractivity contribution in [3.8, 4) is 0 Å². The average molecular weight is 513 g/mol. The Morgan fingerprint density at radius 2 is 1.68 bits per heavy atom. The van der Waals surface area contributed by atoms with E-state index in [1.807, 2.05) is 0 Å². The van der Waals surface area contributed by atoms with Gasteiger partial charge in [-0.1, -0.05) is 46.4 Å². The normalized spacial score (nSPS) is 14.5. The van der Waals surface area contributed by atoms with Gasteiger partial charge >= 0.3 is 6.18 Å². The van der Waals surface area contributed by atoms with Crippen LogP contribution in [0.4, 0.5) is 13.2 Å². The Kier molecular flexibility index (Phi) is 7.16. The molecular weight excluding hydrogens is 493 g/mol. The lowest BCUT2D eigenvalue weighted by atomic mass is 10.0. The van der Waals surface area contributed by atoms with Gasteiger partial charge in [-0.25, -0.2) is 0 Å². The molecule has 0 radical (unpaired) electrons. The molecule has 9 heteroatoms. The SMILES string of the molecule is C=C(C(=O)N1CCN(C(C)=O)CC1)c1ccc(Sc2cccc(Br)c2)c(C(F)(F)F)c1. The summed E-state index contributed by atoms with van der Waals surface area (Å²) in [7, 11) is 0. The van der Waals surface area contributed by atoms with Crippen molar-refractivity contribution in [2.45, 2.75) is 22.9 Å². The van der Waals surface area contributed by atoms with E-state index in [1.165, 1.54) is 24.0 Å². The molecule has 0 saturated carbocycles. The Hall–Kier alpha value is -2.26. The van der Waals surface area contributed by atoms with Gasteiger partial charge in [0.1, 0.15) is 0 Å². The standard InChI is InChI=1S/C22H20BrF3N2O2S/c1-14(21(30)28-10-8-27(9-11-28)15(2)29)16-6-7-20(19(12-16)22(24,25)26)31-18-5-3-4-17(23)13-18/h3-7,12-13H,1,8-11H2,2H3. The minimum Gasteiger partial charge on any atom is -0.339 e. The van der Waals surface area contributed by atoms with Gasteiger partial charge in [-0.3, -0.25) is 9.59 Å². The Balaban J connectivity index is 1.82. The van der Waals surface area contributed by atoms with Crippen LogP contribution in [0.25, 0.3) is 5.57 Å². The highest BCUT2D eigenvalue weighted by Gasteiger charge is 2.35. The number of hydrogen-bond acceptors (Lipinski definition) is 3. The van der Waals surface area contributed by atoms with Gasteiger partial charge in [0.05, 0.1) is 5.56 Å². The summed E-state index contributed by atoms with van der Waals surface area (Å²) >= 11 is 4.32. The molecule has 1 fully saturated rings. The first kappa shape index (κ1) is 23.4. The fraction of sp³-hybridized carbons (Fsp3) is 0.273. The second kappa shape index (κ2) is 9.48. The van der Waals surface area contributed by atoms with Crippen LogP contribution in [0.15, 0.2) is 63.3 Å². The van der Waals surface area contributed by atoms with E-state index in [1.54, 1.807) is 29.2 Å². The molecule has 2 aromatic rings. The smallest absolute Gasteiger partial charge is 0.339 e. The molecule has 0 spiro atoms. The Bertz CT molecular complexity index is 1020. The molecule has 2 aromatic carbocycles. The van der Waals surface area contributed by atoms with Gasteiger partial charge in [0.2, 0.25) is 5.91 Å². The van der Waals surface area contributed by atoms with E-state index < -0.39 is 17.6 Å². The molecule has 0 aromatic heterocycles. The zero-order valence-electron chi connectivity index (χ0n) is 16.7. The Morgan fingerprint density at radius 3 is 2.26 bits per heavy atom. The molecule has 0 N–H and O–H groups in total. The van der Waals surface area contributed by atoms with Crippen LogP contribution in [0, 0.1) is 0 Å². The van der Waals surface area contributed by atoms with E-state index in [9.17, 15) is 22.8 Å². The van der Waals surface area contributed by atoms with Crippen LogP contribution in [0.5, 0.6) is 0 Å². The molecule has 31 heavy (non-hydrogen) atoms. The number of piperazine rings is 1.